The molecule has 0 unspecified atom stereocenters. The Kier molecular flexibility index (Phi) is 6.85. The van der Waals surface area contributed by atoms with E-state index < -0.39 is 0 Å². The first-order chi connectivity index (χ1) is 13.1. The Balaban J connectivity index is 1.92. The molecule has 0 bridgehead atoms. The second kappa shape index (κ2) is 9.33. The maximum Gasteiger partial charge on any atom is 0.261 e. The lowest BCUT2D eigenvalue weighted by molar-refractivity contribution is -0.131. The fourth-order valence-electron chi connectivity index (χ4n) is 3.87. The number of likely N-dealkylation sites (tertiary alicyclic amines) is 1. The van der Waals surface area contributed by atoms with Gasteiger partial charge >= 0.3 is 0 Å². The molecule has 2 aromatic rings. The molecule has 5 nitrogen and oxygen atoms in total. The molecule has 0 saturated carbocycles. The van der Waals surface area contributed by atoms with Crippen LogP contribution in [0, 0.1) is 0 Å². The lowest BCUT2D eigenvalue weighted by Crippen LogP contribution is -2.40. The Morgan fingerprint density at radius 1 is 1.26 bits per heavy atom. The highest BCUT2D eigenvalue weighted by Crippen LogP contribution is 2.34. The van der Waals surface area contributed by atoms with Crippen LogP contribution in [0.5, 0.6) is 0 Å². The van der Waals surface area contributed by atoms with Crippen LogP contribution in [0.2, 0.25) is 0 Å². The summed E-state index contributed by atoms with van der Waals surface area (Å²) >= 11 is 1.54. The number of carbonyl (C=O) groups is 2. The van der Waals surface area contributed by atoms with Gasteiger partial charge in [0.2, 0.25) is 5.91 Å². The molecule has 1 N–H and O–H groups in total. The van der Waals surface area contributed by atoms with Crippen LogP contribution in [0.15, 0.2) is 24.3 Å². The summed E-state index contributed by atoms with van der Waals surface area (Å²) in [5, 5.41) is 4.08. The third-order valence-electron chi connectivity index (χ3n) is 5.22. The van der Waals surface area contributed by atoms with Crippen molar-refractivity contribution in [1.82, 2.24) is 10.2 Å². The van der Waals surface area contributed by atoms with Gasteiger partial charge in [0.1, 0.15) is 0 Å². The molecule has 1 aromatic carbocycles. The lowest BCUT2D eigenvalue weighted by atomic mass is 9.98. The van der Waals surface area contributed by atoms with Gasteiger partial charge in [0.05, 0.1) is 11.5 Å². The van der Waals surface area contributed by atoms with E-state index in [9.17, 15) is 9.59 Å². The van der Waals surface area contributed by atoms with Crippen LogP contribution in [0.1, 0.15) is 47.8 Å². The van der Waals surface area contributed by atoms with Crippen molar-refractivity contribution in [3.63, 3.8) is 0 Å². The molecule has 0 spiro atoms. The molecule has 2 amide bonds. The van der Waals surface area contributed by atoms with Crippen molar-refractivity contribution in [2.45, 2.75) is 45.1 Å². The predicted octanol–water partition coefficient (Wildman–Crippen LogP) is 3.61. The van der Waals surface area contributed by atoms with E-state index >= 15 is 0 Å². The number of nitrogens with one attached hydrogen (secondary N) is 1. The number of benzene rings is 1. The summed E-state index contributed by atoms with van der Waals surface area (Å²) in [5.41, 5.74) is 1.07. The van der Waals surface area contributed by atoms with Crippen molar-refractivity contribution in [3.8, 4) is 0 Å². The summed E-state index contributed by atoms with van der Waals surface area (Å²) in [6.45, 7) is 3.46. The topological polar surface area (TPSA) is 58.6 Å². The molecule has 0 aliphatic carbocycles. The van der Waals surface area contributed by atoms with Crippen LogP contribution in [0.4, 0.5) is 0 Å². The van der Waals surface area contributed by atoms with Crippen LogP contribution in [0.25, 0.3) is 10.1 Å². The Morgan fingerprint density at radius 3 is 2.85 bits per heavy atom. The first-order valence-corrected chi connectivity index (χ1v) is 10.5. The molecule has 6 heteroatoms. The highest BCUT2D eigenvalue weighted by Gasteiger charge is 2.27. The number of ether oxygens (including phenoxy) is 1. The molecule has 1 aliphatic rings. The second-order valence-corrected chi connectivity index (χ2v) is 8.13. The monoisotopic (exact) mass is 388 g/mol. The van der Waals surface area contributed by atoms with Gasteiger partial charge in [0, 0.05) is 37.9 Å². The number of carbonyl (C=O) groups excluding carboxylic acids is 2. The Labute approximate surface area is 164 Å². The van der Waals surface area contributed by atoms with E-state index in [1.807, 2.05) is 17.0 Å². The number of rotatable bonds is 6. The Hall–Kier alpha value is -1.92. The molecule has 1 fully saturated rings. The quantitative estimate of drug-likeness (QED) is 0.769. The van der Waals surface area contributed by atoms with Gasteiger partial charge in [-0.25, -0.2) is 0 Å². The van der Waals surface area contributed by atoms with Crippen LogP contribution >= 0.6 is 11.3 Å². The van der Waals surface area contributed by atoms with Gasteiger partial charge in [-0.1, -0.05) is 31.0 Å². The molecule has 0 radical (unpaired) electrons. The summed E-state index contributed by atoms with van der Waals surface area (Å²) in [4.78, 5) is 27.8. The molecular weight excluding hydrogens is 360 g/mol. The van der Waals surface area contributed by atoms with Crippen LogP contribution < -0.4 is 5.32 Å². The minimum Gasteiger partial charge on any atom is -0.383 e. The molecule has 27 heavy (non-hydrogen) atoms. The van der Waals surface area contributed by atoms with E-state index in [4.69, 9.17) is 4.74 Å². The maximum atomic E-state index is 12.8. The summed E-state index contributed by atoms with van der Waals surface area (Å²) in [7, 11) is 1.62. The van der Waals surface area contributed by atoms with E-state index in [1.54, 1.807) is 14.0 Å². The molecule has 3 rings (SSSR count). The minimum absolute atomic E-state index is 0.0498. The summed E-state index contributed by atoms with van der Waals surface area (Å²) in [6.07, 6.45) is 5.08. The van der Waals surface area contributed by atoms with Gasteiger partial charge in [-0.15, -0.1) is 11.3 Å². The van der Waals surface area contributed by atoms with Gasteiger partial charge in [-0.3, -0.25) is 9.59 Å². The molecule has 1 atom stereocenters. The van der Waals surface area contributed by atoms with Crippen molar-refractivity contribution in [1.29, 1.82) is 0 Å². The Bertz CT molecular complexity index is 802. The van der Waals surface area contributed by atoms with Crippen LogP contribution in [-0.4, -0.2) is 49.6 Å². The standard InChI is InChI=1S/C21H28N2O3S/c1-15(24)23-12-7-3-4-8-16(23)14-18-17-9-5-6-10-19(17)27-20(18)21(25)22-11-13-26-2/h5-6,9-10,16H,3-4,7-8,11-14H2,1-2H3,(H,22,25)/t16-/m0/s1. The fourth-order valence-corrected chi connectivity index (χ4v) is 5.02. The van der Waals surface area contributed by atoms with E-state index in [-0.39, 0.29) is 17.9 Å². The molecule has 1 saturated heterocycles. The van der Waals surface area contributed by atoms with E-state index in [0.29, 0.717) is 13.2 Å². The average molecular weight is 389 g/mol. The third-order valence-corrected chi connectivity index (χ3v) is 6.43. The first kappa shape index (κ1) is 19.8. The molecule has 146 valence electrons. The number of amides is 2. The largest absolute Gasteiger partial charge is 0.383 e. The number of methoxy groups -OCH3 is 1. The summed E-state index contributed by atoms with van der Waals surface area (Å²) in [6, 6.07) is 8.32. The van der Waals surface area contributed by atoms with Crippen molar-refractivity contribution in [3.05, 3.63) is 34.7 Å². The molecule has 1 aliphatic heterocycles. The van der Waals surface area contributed by atoms with Gasteiger partial charge in [-0.05, 0) is 36.3 Å². The third kappa shape index (κ3) is 4.68. The highest BCUT2D eigenvalue weighted by molar-refractivity contribution is 7.21. The molecule has 1 aromatic heterocycles. The maximum absolute atomic E-state index is 12.8. The van der Waals surface area contributed by atoms with Gasteiger partial charge < -0.3 is 15.0 Å². The first-order valence-electron chi connectivity index (χ1n) is 9.66. The highest BCUT2D eigenvalue weighted by atomic mass is 32.1. The smallest absolute Gasteiger partial charge is 0.261 e. The van der Waals surface area contributed by atoms with Gasteiger partial charge in [0.25, 0.3) is 5.91 Å². The number of hydrogen-bond acceptors (Lipinski definition) is 4. The zero-order chi connectivity index (χ0) is 19.2. The SMILES string of the molecule is COCCNC(=O)c1sc2ccccc2c1C[C@@H]1CCCCCN1C(C)=O. The van der Waals surface area contributed by atoms with Crippen molar-refractivity contribution in [2.75, 3.05) is 26.8 Å². The van der Waals surface area contributed by atoms with E-state index in [2.05, 4.69) is 17.4 Å². The zero-order valence-electron chi connectivity index (χ0n) is 16.1. The normalized spacial score (nSPS) is 17.7. The second-order valence-electron chi connectivity index (χ2n) is 7.07. The number of hydrogen-bond donors (Lipinski definition) is 1. The van der Waals surface area contributed by atoms with Crippen molar-refractivity contribution >= 4 is 33.2 Å². The number of fused-ring (bicyclic) bond motifs is 1. The van der Waals surface area contributed by atoms with Crippen LogP contribution in [-0.2, 0) is 16.0 Å². The number of nitrogens with zero attached hydrogens (tertiary/aromatic N) is 1. The summed E-state index contributed by atoms with van der Waals surface area (Å²) in [5.74, 6) is 0.0822. The van der Waals surface area contributed by atoms with Gasteiger partial charge in [0.15, 0.2) is 0 Å². The fraction of sp³-hybridized carbons (Fsp3) is 0.524. The van der Waals surface area contributed by atoms with Gasteiger partial charge in [-0.2, -0.15) is 0 Å². The van der Waals surface area contributed by atoms with E-state index in [0.717, 1.165) is 59.2 Å². The van der Waals surface area contributed by atoms with Crippen LogP contribution in [0.3, 0.4) is 0 Å². The predicted molar refractivity (Wildman–Crippen MR) is 109 cm³/mol. The Morgan fingerprint density at radius 2 is 2.07 bits per heavy atom. The minimum atomic E-state index is -0.0498. The van der Waals surface area contributed by atoms with E-state index in [1.165, 1.54) is 11.3 Å². The lowest BCUT2D eigenvalue weighted by Gasteiger charge is -2.29. The zero-order valence-corrected chi connectivity index (χ0v) is 16.9. The number of thiophene rings is 1. The van der Waals surface area contributed by atoms with Crippen molar-refractivity contribution in [2.24, 2.45) is 0 Å². The molecule has 2 heterocycles. The summed E-state index contributed by atoms with van der Waals surface area (Å²) < 4.78 is 6.16. The average Bonchev–Trinajstić information content (AvgIpc) is 2.85. The molecular formula is C21H28N2O3S. The van der Waals surface area contributed by atoms with Crippen molar-refractivity contribution < 1.29 is 14.3 Å².